The highest BCUT2D eigenvalue weighted by atomic mass is 16.5. The van der Waals surface area contributed by atoms with Gasteiger partial charge >= 0.3 is 0 Å². The average Bonchev–Trinajstić information content (AvgIpc) is 3.38. The molecule has 1 atom stereocenters. The average molecular weight is 517 g/mol. The zero-order valence-electron chi connectivity index (χ0n) is 21.8. The summed E-state index contributed by atoms with van der Waals surface area (Å²) < 4.78 is 12.4. The molecule has 3 aromatic heterocycles. The number of aromatic nitrogens is 4. The van der Waals surface area contributed by atoms with Crippen molar-refractivity contribution in [1.29, 1.82) is 0 Å². The number of rotatable bonds is 7. The Labute approximate surface area is 221 Å². The molecule has 0 radical (unpaired) electrons. The Morgan fingerprint density at radius 2 is 1.82 bits per heavy atom. The number of aliphatic hydroxyl groups is 1. The van der Waals surface area contributed by atoms with Crippen LogP contribution in [-0.2, 0) is 16.1 Å². The molecule has 1 amide bonds. The Morgan fingerprint density at radius 1 is 1.11 bits per heavy atom. The van der Waals surface area contributed by atoms with Crippen LogP contribution in [0.5, 0.6) is 5.75 Å². The van der Waals surface area contributed by atoms with Gasteiger partial charge in [-0.1, -0.05) is 6.07 Å². The van der Waals surface area contributed by atoms with E-state index in [0.717, 1.165) is 52.2 Å². The van der Waals surface area contributed by atoms with Crippen molar-refractivity contribution in [3.8, 4) is 28.1 Å². The second kappa shape index (κ2) is 10.8. The van der Waals surface area contributed by atoms with Crippen molar-refractivity contribution in [2.45, 2.75) is 38.4 Å². The van der Waals surface area contributed by atoms with Crippen molar-refractivity contribution in [2.24, 2.45) is 0 Å². The van der Waals surface area contributed by atoms with Crippen LogP contribution in [0.1, 0.15) is 36.9 Å². The van der Waals surface area contributed by atoms with Crippen LogP contribution in [0.15, 0.2) is 48.8 Å². The molecule has 1 saturated heterocycles. The molecule has 4 heterocycles. The maximum absolute atomic E-state index is 12.2. The van der Waals surface area contributed by atoms with E-state index in [2.05, 4.69) is 10.1 Å². The summed E-state index contributed by atoms with van der Waals surface area (Å²) >= 11 is 0. The molecule has 1 aliphatic heterocycles. The van der Waals surface area contributed by atoms with Crippen LogP contribution >= 0.6 is 0 Å². The summed E-state index contributed by atoms with van der Waals surface area (Å²) in [6.07, 6.45) is 4.02. The Morgan fingerprint density at radius 3 is 2.42 bits per heavy atom. The number of nitrogen functional groups attached to an aromatic ring is 1. The van der Waals surface area contributed by atoms with Gasteiger partial charge in [0.15, 0.2) is 5.65 Å². The predicted octanol–water partition coefficient (Wildman–Crippen LogP) is 3.28. The molecule has 1 fully saturated rings. The normalized spacial score (nSPS) is 15.1. The minimum atomic E-state index is -1.00. The van der Waals surface area contributed by atoms with Gasteiger partial charge in [-0.2, -0.15) is 9.61 Å². The number of nitrogens with two attached hydrogens (primary N) is 1. The fourth-order valence-corrected chi connectivity index (χ4v) is 5.02. The predicted molar refractivity (Wildman–Crippen MR) is 144 cm³/mol. The third-order valence-electron chi connectivity index (χ3n) is 7.12. The second-order valence-electron chi connectivity index (χ2n) is 9.52. The standard InChI is InChI=1S/C28H32N6O4/c1-17(35)28(36)33-12-10-19(11-13-33)25-23(16-37-2)26(29)34-27(32-25)22(15-31-34)20-6-9-24(30-14-20)18-4-7-21(38-3)8-5-18/h4-9,14-15,17,19,35H,10-13,16,29H2,1-3H3/t17-/m1/s1. The molecule has 0 aliphatic carbocycles. The second-order valence-corrected chi connectivity index (χ2v) is 9.52. The Balaban J connectivity index is 1.48. The fourth-order valence-electron chi connectivity index (χ4n) is 5.02. The Kier molecular flexibility index (Phi) is 7.26. The largest absolute Gasteiger partial charge is 0.497 e. The molecular weight excluding hydrogens is 484 g/mol. The van der Waals surface area contributed by atoms with Gasteiger partial charge in [-0.15, -0.1) is 0 Å². The molecule has 10 heteroatoms. The molecule has 0 saturated carbocycles. The SMILES string of the molecule is COCc1c(C2CCN(C(=O)[C@@H](C)O)CC2)nc2c(-c3ccc(-c4ccc(OC)cc4)nc3)cnn2c1N. The maximum Gasteiger partial charge on any atom is 0.251 e. The summed E-state index contributed by atoms with van der Waals surface area (Å²) in [7, 11) is 3.27. The van der Waals surface area contributed by atoms with Crippen molar-refractivity contribution in [2.75, 3.05) is 33.0 Å². The van der Waals surface area contributed by atoms with E-state index in [1.54, 1.807) is 29.8 Å². The number of anilines is 1. The lowest BCUT2D eigenvalue weighted by Gasteiger charge is -2.33. The number of fused-ring (bicyclic) bond motifs is 1. The molecule has 10 nitrogen and oxygen atoms in total. The van der Waals surface area contributed by atoms with Gasteiger partial charge in [0.25, 0.3) is 5.91 Å². The van der Waals surface area contributed by atoms with Crippen LogP contribution in [0.2, 0.25) is 0 Å². The van der Waals surface area contributed by atoms with E-state index in [9.17, 15) is 9.90 Å². The Bertz CT molecular complexity index is 1420. The van der Waals surface area contributed by atoms with Crippen LogP contribution in [0.3, 0.4) is 0 Å². The van der Waals surface area contributed by atoms with E-state index in [1.165, 1.54) is 6.92 Å². The van der Waals surface area contributed by atoms with E-state index in [-0.39, 0.29) is 11.8 Å². The lowest BCUT2D eigenvalue weighted by molar-refractivity contribution is -0.140. The van der Waals surface area contributed by atoms with Crippen molar-refractivity contribution in [3.63, 3.8) is 0 Å². The topological polar surface area (TPSA) is 128 Å². The highest BCUT2D eigenvalue weighted by Crippen LogP contribution is 2.35. The first-order chi connectivity index (χ1) is 18.4. The molecule has 1 aliphatic rings. The van der Waals surface area contributed by atoms with Crippen molar-refractivity contribution in [3.05, 3.63) is 60.0 Å². The van der Waals surface area contributed by atoms with Gasteiger partial charge in [0, 0.05) is 54.6 Å². The number of benzene rings is 1. The summed E-state index contributed by atoms with van der Waals surface area (Å²) in [5.41, 5.74) is 12.5. The van der Waals surface area contributed by atoms with Crippen LogP contribution in [0.4, 0.5) is 5.82 Å². The molecule has 0 bridgehead atoms. The summed E-state index contributed by atoms with van der Waals surface area (Å²) in [5, 5.41) is 14.2. The number of piperidine rings is 1. The van der Waals surface area contributed by atoms with E-state index in [4.69, 9.17) is 20.2 Å². The lowest BCUT2D eigenvalue weighted by atomic mass is 9.90. The van der Waals surface area contributed by atoms with E-state index >= 15 is 0 Å². The zero-order chi connectivity index (χ0) is 26.8. The number of carbonyl (C=O) groups is 1. The lowest BCUT2D eigenvalue weighted by Crippen LogP contribution is -2.42. The number of hydrogen-bond acceptors (Lipinski definition) is 8. The summed E-state index contributed by atoms with van der Waals surface area (Å²) in [5.74, 6) is 1.14. The number of methoxy groups -OCH3 is 2. The minimum absolute atomic E-state index is 0.101. The van der Waals surface area contributed by atoms with Gasteiger partial charge in [-0.3, -0.25) is 9.78 Å². The molecule has 0 spiro atoms. The number of hydrogen-bond donors (Lipinski definition) is 2. The Hall–Kier alpha value is -4.02. The smallest absolute Gasteiger partial charge is 0.251 e. The van der Waals surface area contributed by atoms with Gasteiger partial charge in [0.2, 0.25) is 0 Å². The first-order valence-electron chi connectivity index (χ1n) is 12.6. The number of likely N-dealkylation sites (tertiary alicyclic amines) is 1. The quantitative estimate of drug-likeness (QED) is 0.383. The number of pyridine rings is 1. The number of amides is 1. The van der Waals surface area contributed by atoms with Gasteiger partial charge in [0.05, 0.1) is 31.3 Å². The fraction of sp³-hybridized carbons (Fsp3) is 0.357. The summed E-state index contributed by atoms with van der Waals surface area (Å²) in [4.78, 5) is 23.7. The van der Waals surface area contributed by atoms with Gasteiger partial charge in [0.1, 0.15) is 17.7 Å². The number of aliphatic hydroxyl groups excluding tert-OH is 1. The molecule has 4 aromatic rings. The van der Waals surface area contributed by atoms with E-state index in [0.29, 0.717) is 31.2 Å². The van der Waals surface area contributed by atoms with Crippen molar-refractivity contribution >= 4 is 17.4 Å². The zero-order valence-corrected chi connectivity index (χ0v) is 21.8. The van der Waals surface area contributed by atoms with Gasteiger partial charge in [-0.05, 0) is 50.1 Å². The minimum Gasteiger partial charge on any atom is -0.497 e. The van der Waals surface area contributed by atoms with Crippen LogP contribution in [0, 0.1) is 0 Å². The molecule has 1 aromatic carbocycles. The van der Waals surface area contributed by atoms with Crippen LogP contribution in [0.25, 0.3) is 28.0 Å². The van der Waals surface area contributed by atoms with Crippen LogP contribution in [-0.4, -0.2) is 68.9 Å². The first kappa shape index (κ1) is 25.6. The van der Waals surface area contributed by atoms with Crippen molar-refractivity contribution < 1.29 is 19.4 Å². The molecule has 38 heavy (non-hydrogen) atoms. The van der Waals surface area contributed by atoms with Gasteiger partial charge in [-0.25, -0.2) is 4.98 Å². The summed E-state index contributed by atoms with van der Waals surface area (Å²) in [6, 6.07) is 11.7. The van der Waals surface area contributed by atoms with Crippen LogP contribution < -0.4 is 10.5 Å². The van der Waals surface area contributed by atoms with Gasteiger partial charge < -0.3 is 25.2 Å². The first-order valence-corrected chi connectivity index (χ1v) is 12.6. The molecule has 0 unspecified atom stereocenters. The monoisotopic (exact) mass is 516 g/mol. The van der Waals surface area contributed by atoms with E-state index < -0.39 is 6.10 Å². The number of ether oxygens (including phenoxy) is 2. The third-order valence-corrected chi connectivity index (χ3v) is 7.12. The highest BCUT2D eigenvalue weighted by molar-refractivity contribution is 5.80. The van der Waals surface area contributed by atoms with E-state index in [1.807, 2.05) is 42.6 Å². The third kappa shape index (κ3) is 4.80. The molecule has 3 N–H and O–H groups in total. The molecule has 198 valence electrons. The highest BCUT2D eigenvalue weighted by Gasteiger charge is 2.30. The summed E-state index contributed by atoms with van der Waals surface area (Å²) in [6.45, 7) is 2.91. The van der Waals surface area contributed by atoms with Crippen molar-refractivity contribution in [1.82, 2.24) is 24.5 Å². The molecule has 5 rings (SSSR count). The number of nitrogens with zero attached hydrogens (tertiary/aromatic N) is 5. The maximum atomic E-state index is 12.2. The molecular formula is C28H32N6O4. The number of carbonyl (C=O) groups excluding carboxylic acids is 1.